The molecule has 0 saturated carbocycles. The fourth-order valence-electron chi connectivity index (χ4n) is 2.67. The van der Waals surface area contributed by atoms with Crippen LogP contribution >= 0.6 is 0 Å². The van der Waals surface area contributed by atoms with E-state index in [1.807, 2.05) is 60.7 Å². The van der Waals surface area contributed by atoms with Crippen molar-refractivity contribution in [2.24, 2.45) is 5.73 Å². The predicted octanol–water partition coefficient (Wildman–Crippen LogP) is 2.26. The number of carbonyl (C=O) groups excluding carboxylic acids is 3. The Hall–Kier alpha value is -3.87. The molecule has 1 atom stereocenters. The van der Waals surface area contributed by atoms with E-state index in [2.05, 4.69) is 5.32 Å². The van der Waals surface area contributed by atoms with Crippen molar-refractivity contribution < 1.29 is 23.5 Å². The third-order valence-corrected chi connectivity index (χ3v) is 4.00. The number of primary amides is 1. The van der Waals surface area contributed by atoms with Gasteiger partial charge in [0.25, 0.3) is 0 Å². The second-order valence-electron chi connectivity index (χ2n) is 5.92. The number of hydrogen-bond donors (Lipinski definition) is 2. The molecule has 0 radical (unpaired) electrons. The first-order chi connectivity index (χ1) is 13.6. The Bertz CT molecular complexity index is 900. The summed E-state index contributed by atoms with van der Waals surface area (Å²) in [5.74, 6) is -3.00. The van der Waals surface area contributed by atoms with Crippen LogP contribution in [0.1, 0.15) is 29.0 Å². The summed E-state index contributed by atoms with van der Waals surface area (Å²) in [4.78, 5) is 35.8. The molecule has 0 fully saturated rings. The quantitative estimate of drug-likeness (QED) is 0.505. The number of rotatable bonds is 6. The third kappa shape index (κ3) is 4.45. The molecule has 0 bridgehead atoms. The summed E-state index contributed by atoms with van der Waals surface area (Å²) in [7, 11) is 0. The van der Waals surface area contributed by atoms with Gasteiger partial charge in [-0.15, -0.1) is 0 Å². The zero-order valence-electron chi connectivity index (χ0n) is 14.8. The molecule has 1 heterocycles. The van der Waals surface area contributed by atoms with Gasteiger partial charge in [0.15, 0.2) is 12.1 Å². The maximum Gasteiger partial charge on any atom is 0.337 e. The Balaban J connectivity index is 1.90. The van der Waals surface area contributed by atoms with Crippen molar-refractivity contribution in [2.45, 2.75) is 12.1 Å². The number of amides is 2. The van der Waals surface area contributed by atoms with Crippen LogP contribution in [0.3, 0.4) is 0 Å². The first-order valence-electron chi connectivity index (χ1n) is 8.50. The molecule has 28 heavy (non-hydrogen) atoms. The van der Waals surface area contributed by atoms with Crippen LogP contribution in [0.15, 0.2) is 83.5 Å². The Morgan fingerprint density at radius 2 is 1.43 bits per heavy atom. The number of benzene rings is 2. The highest BCUT2D eigenvalue weighted by Crippen LogP contribution is 2.28. The molecule has 1 aromatic heterocycles. The first-order valence-corrected chi connectivity index (χ1v) is 8.50. The van der Waals surface area contributed by atoms with E-state index in [0.717, 1.165) is 11.1 Å². The molecule has 7 nitrogen and oxygen atoms in total. The molecule has 2 aromatic carbocycles. The number of ether oxygens (including phenoxy) is 1. The van der Waals surface area contributed by atoms with Gasteiger partial charge in [-0.3, -0.25) is 9.59 Å². The summed E-state index contributed by atoms with van der Waals surface area (Å²) in [6.45, 7) is 0. The van der Waals surface area contributed by atoms with Gasteiger partial charge in [0, 0.05) is 0 Å². The average Bonchev–Trinajstić information content (AvgIpc) is 3.25. The molecule has 0 aliphatic carbocycles. The predicted molar refractivity (Wildman–Crippen MR) is 99.6 cm³/mol. The molecule has 2 amide bonds. The van der Waals surface area contributed by atoms with E-state index < -0.39 is 29.9 Å². The SMILES string of the molecule is NC(=O)C(=O)N[C@H](C(=O)OC(c1ccccc1)c1ccccc1)c1ccco1. The lowest BCUT2D eigenvalue weighted by atomic mass is 10.0. The standard InChI is InChI=1S/C21H18N2O5/c22-19(24)20(25)23-17(16-12-7-13-27-16)21(26)28-18(14-8-3-1-4-9-14)15-10-5-2-6-11-15/h1-13,17-18H,(H2,22,24)(H,23,25)/t17-/m0/s1. The normalized spacial score (nSPS) is 11.6. The minimum Gasteiger partial charge on any atom is -0.467 e. The summed E-state index contributed by atoms with van der Waals surface area (Å²) in [5, 5.41) is 2.25. The number of hydrogen-bond acceptors (Lipinski definition) is 5. The molecule has 0 spiro atoms. The van der Waals surface area contributed by atoms with Crippen LogP contribution in [0.2, 0.25) is 0 Å². The lowest BCUT2D eigenvalue weighted by molar-refractivity contribution is -0.153. The Labute approximate surface area is 161 Å². The van der Waals surface area contributed by atoms with Gasteiger partial charge < -0.3 is 20.2 Å². The van der Waals surface area contributed by atoms with Crippen LogP contribution in [0.5, 0.6) is 0 Å². The van der Waals surface area contributed by atoms with Crippen LogP contribution in [0.4, 0.5) is 0 Å². The van der Waals surface area contributed by atoms with Gasteiger partial charge >= 0.3 is 17.8 Å². The van der Waals surface area contributed by atoms with Gasteiger partial charge in [0.05, 0.1) is 6.26 Å². The number of esters is 1. The van der Waals surface area contributed by atoms with Gasteiger partial charge in [0.2, 0.25) is 0 Å². The molecule has 7 heteroatoms. The smallest absolute Gasteiger partial charge is 0.337 e. The van der Waals surface area contributed by atoms with Crippen molar-refractivity contribution in [1.29, 1.82) is 0 Å². The zero-order valence-corrected chi connectivity index (χ0v) is 14.8. The summed E-state index contributed by atoms with van der Waals surface area (Å²) in [5.41, 5.74) is 6.49. The highest BCUT2D eigenvalue weighted by Gasteiger charge is 2.31. The van der Waals surface area contributed by atoms with Crippen molar-refractivity contribution >= 4 is 17.8 Å². The van der Waals surface area contributed by atoms with Crippen molar-refractivity contribution in [2.75, 3.05) is 0 Å². The summed E-state index contributed by atoms with van der Waals surface area (Å²) in [6.07, 6.45) is 0.635. The van der Waals surface area contributed by atoms with Crippen LogP contribution in [0.25, 0.3) is 0 Å². The molecular formula is C21H18N2O5. The van der Waals surface area contributed by atoms with E-state index in [-0.39, 0.29) is 5.76 Å². The van der Waals surface area contributed by atoms with Gasteiger partial charge in [-0.25, -0.2) is 4.79 Å². The second kappa shape index (κ2) is 8.68. The third-order valence-electron chi connectivity index (χ3n) is 4.00. The van der Waals surface area contributed by atoms with Crippen LogP contribution in [-0.4, -0.2) is 17.8 Å². The molecule has 0 unspecified atom stereocenters. The molecule has 3 N–H and O–H groups in total. The van der Waals surface area contributed by atoms with E-state index in [1.54, 1.807) is 6.07 Å². The minimum absolute atomic E-state index is 0.125. The van der Waals surface area contributed by atoms with Gasteiger partial charge in [-0.1, -0.05) is 60.7 Å². The number of carbonyl (C=O) groups is 3. The molecule has 142 valence electrons. The number of furan rings is 1. The van der Waals surface area contributed by atoms with Crippen molar-refractivity contribution in [3.63, 3.8) is 0 Å². The number of nitrogens with one attached hydrogen (secondary N) is 1. The minimum atomic E-state index is -1.31. The second-order valence-corrected chi connectivity index (χ2v) is 5.92. The molecule has 3 aromatic rings. The van der Waals surface area contributed by atoms with E-state index in [0.29, 0.717) is 0 Å². The topological polar surface area (TPSA) is 112 Å². The van der Waals surface area contributed by atoms with Gasteiger partial charge in [0.1, 0.15) is 5.76 Å². The first kappa shape index (κ1) is 18.9. The molecule has 0 aliphatic rings. The summed E-state index contributed by atoms with van der Waals surface area (Å²) >= 11 is 0. The Morgan fingerprint density at radius 1 is 0.857 bits per heavy atom. The van der Waals surface area contributed by atoms with E-state index in [1.165, 1.54) is 12.3 Å². The number of nitrogens with two attached hydrogens (primary N) is 1. The van der Waals surface area contributed by atoms with Crippen molar-refractivity contribution in [1.82, 2.24) is 5.32 Å². The van der Waals surface area contributed by atoms with Crippen molar-refractivity contribution in [3.05, 3.63) is 95.9 Å². The lowest BCUT2D eigenvalue weighted by Gasteiger charge is -2.22. The zero-order chi connectivity index (χ0) is 19.9. The molecule has 0 saturated heterocycles. The van der Waals surface area contributed by atoms with E-state index >= 15 is 0 Å². The maximum absolute atomic E-state index is 12.9. The van der Waals surface area contributed by atoms with Crippen LogP contribution < -0.4 is 11.1 Å². The largest absolute Gasteiger partial charge is 0.467 e. The van der Waals surface area contributed by atoms with Gasteiger partial charge in [-0.05, 0) is 23.3 Å². The average molecular weight is 378 g/mol. The van der Waals surface area contributed by atoms with E-state index in [9.17, 15) is 14.4 Å². The van der Waals surface area contributed by atoms with Gasteiger partial charge in [-0.2, -0.15) is 0 Å². The highest BCUT2D eigenvalue weighted by molar-refractivity contribution is 6.34. The Morgan fingerprint density at radius 3 is 1.89 bits per heavy atom. The van der Waals surface area contributed by atoms with Crippen molar-refractivity contribution in [3.8, 4) is 0 Å². The highest BCUT2D eigenvalue weighted by atomic mass is 16.5. The summed E-state index contributed by atoms with van der Waals surface area (Å²) in [6, 6.07) is 20.1. The molecular weight excluding hydrogens is 360 g/mol. The fourth-order valence-corrected chi connectivity index (χ4v) is 2.67. The maximum atomic E-state index is 12.9. The summed E-state index contributed by atoms with van der Waals surface area (Å²) < 4.78 is 10.9. The monoisotopic (exact) mass is 378 g/mol. The molecule has 0 aliphatic heterocycles. The van der Waals surface area contributed by atoms with E-state index in [4.69, 9.17) is 14.9 Å². The molecule has 3 rings (SSSR count). The lowest BCUT2D eigenvalue weighted by Crippen LogP contribution is -2.41. The fraction of sp³-hybridized carbons (Fsp3) is 0.0952. The Kier molecular flexibility index (Phi) is 5.86. The van der Waals surface area contributed by atoms with Crippen LogP contribution in [0, 0.1) is 0 Å². The van der Waals surface area contributed by atoms with Crippen LogP contribution in [-0.2, 0) is 19.1 Å².